The molecule has 0 bridgehead atoms. The van der Waals surface area contributed by atoms with E-state index in [2.05, 4.69) is 20.4 Å². The topological polar surface area (TPSA) is 101 Å². The summed E-state index contributed by atoms with van der Waals surface area (Å²) in [7, 11) is 0. The van der Waals surface area contributed by atoms with Crippen LogP contribution in [0.2, 0.25) is 5.02 Å². The number of H-pyrrole nitrogens is 1. The van der Waals surface area contributed by atoms with Crippen LogP contribution in [0.5, 0.6) is 0 Å². The van der Waals surface area contributed by atoms with Crippen molar-refractivity contribution in [1.29, 1.82) is 0 Å². The van der Waals surface area contributed by atoms with Crippen molar-refractivity contribution in [3.05, 3.63) is 63.4 Å². The molecule has 0 aliphatic carbocycles. The lowest BCUT2D eigenvalue weighted by Crippen LogP contribution is -2.19. The zero-order valence-electron chi connectivity index (χ0n) is 12.0. The standard InChI is InChI=1S/C15H11ClN4O3/c1-8-6-12(19-15(22)17-8)18-14(21)10-7-23-20-13(10)9-4-2-3-5-11(9)16/h2-7H,1H3,(H2,17,18,19,21,22). The maximum atomic E-state index is 12.4. The molecule has 116 valence electrons. The summed E-state index contributed by atoms with van der Waals surface area (Å²) in [6.07, 6.45) is 1.22. The molecular formula is C15H11ClN4O3. The van der Waals surface area contributed by atoms with Gasteiger partial charge < -0.3 is 14.8 Å². The number of aryl methyl sites for hydroxylation is 1. The van der Waals surface area contributed by atoms with Gasteiger partial charge in [0.05, 0.1) is 5.02 Å². The van der Waals surface area contributed by atoms with E-state index >= 15 is 0 Å². The maximum absolute atomic E-state index is 12.4. The quantitative estimate of drug-likeness (QED) is 0.768. The van der Waals surface area contributed by atoms with Crippen molar-refractivity contribution in [2.75, 3.05) is 5.32 Å². The fourth-order valence-electron chi connectivity index (χ4n) is 2.07. The molecule has 3 aromatic rings. The van der Waals surface area contributed by atoms with E-state index < -0.39 is 11.6 Å². The summed E-state index contributed by atoms with van der Waals surface area (Å²) < 4.78 is 4.90. The highest BCUT2D eigenvalue weighted by Crippen LogP contribution is 2.29. The number of carbonyl (C=O) groups excluding carboxylic acids is 1. The van der Waals surface area contributed by atoms with Crippen molar-refractivity contribution in [1.82, 2.24) is 15.1 Å². The smallest absolute Gasteiger partial charge is 0.347 e. The fourth-order valence-corrected chi connectivity index (χ4v) is 2.30. The predicted molar refractivity (Wildman–Crippen MR) is 84.5 cm³/mol. The van der Waals surface area contributed by atoms with Gasteiger partial charge >= 0.3 is 5.69 Å². The molecule has 0 fully saturated rings. The fraction of sp³-hybridized carbons (Fsp3) is 0.0667. The first-order valence-electron chi connectivity index (χ1n) is 6.63. The SMILES string of the molecule is Cc1cc(NC(=O)c2conc2-c2ccccc2Cl)nc(=O)[nH]1. The van der Waals surface area contributed by atoms with Gasteiger partial charge in [0.2, 0.25) is 0 Å². The summed E-state index contributed by atoms with van der Waals surface area (Å²) in [5.41, 5.74) is 1.12. The van der Waals surface area contributed by atoms with Crippen molar-refractivity contribution >= 4 is 23.3 Å². The Bertz CT molecular complexity index is 932. The van der Waals surface area contributed by atoms with Crippen LogP contribution < -0.4 is 11.0 Å². The molecule has 0 saturated heterocycles. The predicted octanol–water partition coefficient (Wildman–Crippen LogP) is 2.64. The molecule has 0 aliphatic heterocycles. The average molecular weight is 331 g/mol. The molecule has 3 rings (SSSR count). The second-order valence-electron chi connectivity index (χ2n) is 4.77. The van der Waals surface area contributed by atoms with E-state index in [0.29, 0.717) is 22.0 Å². The van der Waals surface area contributed by atoms with Crippen molar-refractivity contribution in [2.24, 2.45) is 0 Å². The number of hydrogen-bond donors (Lipinski definition) is 2. The summed E-state index contributed by atoms with van der Waals surface area (Å²) in [4.78, 5) is 29.9. The molecule has 0 unspecified atom stereocenters. The van der Waals surface area contributed by atoms with Crippen LogP contribution in [0.15, 0.2) is 45.9 Å². The van der Waals surface area contributed by atoms with Crippen LogP contribution in [-0.2, 0) is 0 Å². The number of hydrogen-bond acceptors (Lipinski definition) is 5. The van der Waals surface area contributed by atoms with Gasteiger partial charge in [0.1, 0.15) is 23.3 Å². The first kappa shape index (κ1) is 15.0. The maximum Gasteiger partial charge on any atom is 0.347 e. The van der Waals surface area contributed by atoms with E-state index in [1.54, 1.807) is 37.3 Å². The normalized spacial score (nSPS) is 10.5. The van der Waals surface area contributed by atoms with Gasteiger partial charge in [-0.15, -0.1) is 0 Å². The van der Waals surface area contributed by atoms with Crippen LogP contribution >= 0.6 is 11.6 Å². The molecular weight excluding hydrogens is 320 g/mol. The summed E-state index contributed by atoms with van der Waals surface area (Å²) >= 11 is 6.12. The molecule has 2 heterocycles. The molecule has 8 heteroatoms. The molecule has 2 aromatic heterocycles. The molecule has 7 nitrogen and oxygen atoms in total. The zero-order chi connectivity index (χ0) is 16.4. The van der Waals surface area contributed by atoms with Crippen molar-refractivity contribution in [2.45, 2.75) is 6.92 Å². The van der Waals surface area contributed by atoms with Gasteiger partial charge in [-0.2, -0.15) is 4.98 Å². The lowest BCUT2D eigenvalue weighted by Gasteiger charge is -2.05. The van der Waals surface area contributed by atoms with Gasteiger partial charge in [-0.25, -0.2) is 4.79 Å². The van der Waals surface area contributed by atoms with Crippen LogP contribution in [0.4, 0.5) is 5.82 Å². The lowest BCUT2D eigenvalue weighted by molar-refractivity contribution is 0.102. The van der Waals surface area contributed by atoms with E-state index in [1.165, 1.54) is 6.26 Å². The van der Waals surface area contributed by atoms with Gasteiger partial charge in [-0.1, -0.05) is 35.0 Å². The highest BCUT2D eigenvalue weighted by molar-refractivity contribution is 6.33. The highest BCUT2D eigenvalue weighted by Gasteiger charge is 2.19. The number of amides is 1. The third kappa shape index (κ3) is 3.14. The van der Waals surface area contributed by atoms with Crippen LogP contribution in [0.3, 0.4) is 0 Å². The number of anilines is 1. The number of nitrogens with one attached hydrogen (secondary N) is 2. The highest BCUT2D eigenvalue weighted by atomic mass is 35.5. The van der Waals surface area contributed by atoms with Crippen LogP contribution in [0.1, 0.15) is 16.1 Å². The number of rotatable bonds is 3. The number of aromatic amines is 1. The molecule has 0 atom stereocenters. The molecule has 23 heavy (non-hydrogen) atoms. The Morgan fingerprint density at radius 2 is 2.13 bits per heavy atom. The molecule has 0 saturated carbocycles. The minimum absolute atomic E-state index is 0.141. The second-order valence-corrected chi connectivity index (χ2v) is 5.17. The van der Waals surface area contributed by atoms with Crippen LogP contribution in [0, 0.1) is 6.92 Å². The molecule has 0 aliphatic rings. The van der Waals surface area contributed by atoms with Crippen molar-refractivity contribution < 1.29 is 9.32 Å². The van der Waals surface area contributed by atoms with Gasteiger partial charge in [0.15, 0.2) is 0 Å². The third-order valence-electron chi connectivity index (χ3n) is 3.06. The third-order valence-corrected chi connectivity index (χ3v) is 3.39. The van der Waals surface area contributed by atoms with Crippen LogP contribution in [0.25, 0.3) is 11.3 Å². The first-order chi connectivity index (χ1) is 11.0. The van der Waals surface area contributed by atoms with Gasteiger partial charge in [-0.3, -0.25) is 4.79 Å². The number of carbonyl (C=O) groups is 1. The van der Waals surface area contributed by atoms with E-state index in [1.807, 2.05) is 0 Å². The summed E-state index contributed by atoms with van der Waals surface area (Å²) in [5, 5.41) is 6.82. The summed E-state index contributed by atoms with van der Waals surface area (Å²) in [5.74, 6) is -0.360. The van der Waals surface area contributed by atoms with Gasteiger partial charge in [0, 0.05) is 17.3 Å². The number of aromatic nitrogens is 3. The van der Waals surface area contributed by atoms with E-state index in [-0.39, 0.29) is 11.4 Å². The Morgan fingerprint density at radius 1 is 1.35 bits per heavy atom. The van der Waals surface area contributed by atoms with E-state index in [0.717, 1.165) is 0 Å². The molecule has 2 N–H and O–H groups in total. The second kappa shape index (κ2) is 6.05. The number of halogens is 1. The van der Waals surface area contributed by atoms with Crippen molar-refractivity contribution in [3.8, 4) is 11.3 Å². The first-order valence-corrected chi connectivity index (χ1v) is 7.01. The Kier molecular flexibility index (Phi) is 3.94. The Hall–Kier alpha value is -2.93. The largest absolute Gasteiger partial charge is 0.363 e. The Morgan fingerprint density at radius 3 is 2.87 bits per heavy atom. The van der Waals surface area contributed by atoms with Crippen molar-refractivity contribution in [3.63, 3.8) is 0 Å². The van der Waals surface area contributed by atoms with Gasteiger partial charge in [0.25, 0.3) is 5.91 Å². The molecule has 1 amide bonds. The van der Waals surface area contributed by atoms with E-state index in [4.69, 9.17) is 16.1 Å². The lowest BCUT2D eigenvalue weighted by atomic mass is 10.1. The number of nitrogens with zero attached hydrogens (tertiary/aromatic N) is 2. The molecule has 0 radical (unpaired) electrons. The monoisotopic (exact) mass is 330 g/mol. The van der Waals surface area contributed by atoms with Gasteiger partial charge in [-0.05, 0) is 13.0 Å². The van der Waals surface area contributed by atoms with Crippen LogP contribution in [-0.4, -0.2) is 21.0 Å². The number of benzene rings is 1. The summed E-state index contributed by atoms with van der Waals surface area (Å²) in [6.45, 7) is 1.69. The van der Waals surface area contributed by atoms with E-state index in [9.17, 15) is 9.59 Å². The minimum Gasteiger partial charge on any atom is -0.363 e. The average Bonchev–Trinajstić information content (AvgIpc) is 2.96. The Labute approximate surface area is 135 Å². The zero-order valence-corrected chi connectivity index (χ0v) is 12.7. The molecule has 1 aromatic carbocycles. The summed E-state index contributed by atoms with van der Waals surface area (Å²) in [6, 6.07) is 8.51. The minimum atomic E-state index is -0.544. The Balaban J connectivity index is 1.94. The molecule has 0 spiro atoms.